The fraction of sp³-hybridized carbons (Fsp3) is 0.150. The summed E-state index contributed by atoms with van der Waals surface area (Å²) in [6.07, 6.45) is 4.09. The van der Waals surface area contributed by atoms with Crippen LogP contribution in [0.2, 0.25) is 0 Å². The maximum absolute atomic E-state index is 12.5. The molecule has 1 aliphatic heterocycles. The number of nitrogens with one attached hydrogen (secondary N) is 2. The van der Waals surface area contributed by atoms with E-state index in [1.54, 1.807) is 30.6 Å². The lowest BCUT2D eigenvalue weighted by Gasteiger charge is -2.12. The average molecular weight is 346 g/mol. The van der Waals surface area contributed by atoms with Crippen LogP contribution >= 0.6 is 0 Å². The third-order valence-electron chi connectivity index (χ3n) is 4.15. The van der Waals surface area contributed by atoms with Gasteiger partial charge in [0.15, 0.2) is 0 Å². The van der Waals surface area contributed by atoms with Crippen molar-refractivity contribution < 1.29 is 9.53 Å². The van der Waals surface area contributed by atoms with Crippen molar-refractivity contribution in [1.29, 1.82) is 0 Å². The van der Waals surface area contributed by atoms with E-state index in [1.165, 1.54) is 5.56 Å². The second-order valence-electron chi connectivity index (χ2n) is 6.04. The van der Waals surface area contributed by atoms with Gasteiger partial charge >= 0.3 is 0 Å². The summed E-state index contributed by atoms with van der Waals surface area (Å²) >= 11 is 0. The molecule has 3 aromatic rings. The molecule has 4 rings (SSSR count). The quantitative estimate of drug-likeness (QED) is 0.743. The molecule has 0 unspecified atom stereocenters. The molecule has 0 spiro atoms. The number of ether oxygens (including phenoxy) is 1. The zero-order valence-corrected chi connectivity index (χ0v) is 14.1. The molecule has 6 heteroatoms. The second kappa shape index (κ2) is 7.23. The molecule has 1 atom stereocenters. The van der Waals surface area contributed by atoms with E-state index in [-0.39, 0.29) is 12.0 Å². The predicted molar refractivity (Wildman–Crippen MR) is 98.7 cm³/mol. The molecular weight excluding hydrogens is 328 g/mol. The Bertz CT molecular complexity index is 889. The van der Waals surface area contributed by atoms with Crippen molar-refractivity contribution in [3.63, 3.8) is 0 Å². The molecule has 1 aliphatic rings. The Morgan fingerprint density at radius 2 is 1.92 bits per heavy atom. The van der Waals surface area contributed by atoms with Gasteiger partial charge in [-0.3, -0.25) is 4.79 Å². The van der Waals surface area contributed by atoms with Crippen molar-refractivity contribution >= 4 is 17.5 Å². The molecule has 0 bridgehead atoms. The number of nitrogens with zero attached hydrogens (tertiary/aromatic N) is 2. The molecule has 130 valence electrons. The molecule has 0 aliphatic carbocycles. The summed E-state index contributed by atoms with van der Waals surface area (Å²) < 4.78 is 5.85. The van der Waals surface area contributed by atoms with Gasteiger partial charge in [-0.25, -0.2) is 9.97 Å². The predicted octanol–water partition coefficient (Wildman–Crippen LogP) is 2.95. The lowest BCUT2D eigenvalue weighted by Crippen LogP contribution is -2.34. The van der Waals surface area contributed by atoms with Crippen LogP contribution in [-0.4, -0.2) is 28.5 Å². The van der Waals surface area contributed by atoms with Gasteiger partial charge in [-0.05, 0) is 35.9 Å². The summed E-state index contributed by atoms with van der Waals surface area (Å²) in [4.78, 5) is 20.7. The van der Waals surface area contributed by atoms with E-state index in [2.05, 4.69) is 26.7 Å². The first-order valence-corrected chi connectivity index (χ1v) is 8.45. The zero-order chi connectivity index (χ0) is 17.8. The highest BCUT2D eigenvalue weighted by Gasteiger charge is 2.22. The van der Waals surface area contributed by atoms with Gasteiger partial charge < -0.3 is 15.4 Å². The molecule has 0 radical (unpaired) electrons. The highest BCUT2D eigenvalue weighted by atomic mass is 16.5. The van der Waals surface area contributed by atoms with Crippen molar-refractivity contribution in [2.75, 3.05) is 11.9 Å². The van der Waals surface area contributed by atoms with Crippen molar-refractivity contribution in [1.82, 2.24) is 15.3 Å². The highest BCUT2D eigenvalue weighted by molar-refractivity contribution is 5.95. The lowest BCUT2D eigenvalue weighted by molar-refractivity contribution is 0.0933. The first-order chi connectivity index (χ1) is 12.8. The van der Waals surface area contributed by atoms with E-state index in [0.29, 0.717) is 18.1 Å². The van der Waals surface area contributed by atoms with Gasteiger partial charge in [0.2, 0.25) is 5.95 Å². The van der Waals surface area contributed by atoms with Gasteiger partial charge in [-0.2, -0.15) is 0 Å². The SMILES string of the molecule is O=C(NC[C@H]1Cc2ccccc2O1)c1cccc(Nc2ncccn2)c1. The van der Waals surface area contributed by atoms with Gasteiger partial charge in [-0.15, -0.1) is 0 Å². The topological polar surface area (TPSA) is 76.1 Å². The van der Waals surface area contributed by atoms with Crippen LogP contribution in [0.5, 0.6) is 5.75 Å². The molecule has 1 amide bonds. The molecule has 0 fully saturated rings. The maximum atomic E-state index is 12.5. The molecule has 26 heavy (non-hydrogen) atoms. The fourth-order valence-electron chi connectivity index (χ4n) is 2.91. The van der Waals surface area contributed by atoms with E-state index >= 15 is 0 Å². The van der Waals surface area contributed by atoms with Crippen molar-refractivity contribution in [2.24, 2.45) is 0 Å². The first kappa shape index (κ1) is 16.1. The summed E-state index contributed by atoms with van der Waals surface area (Å²) in [5.41, 5.74) is 2.51. The number of aromatic nitrogens is 2. The summed E-state index contributed by atoms with van der Waals surface area (Å²) in [6.45, 7) is 0.465. The summed E-state index contributed by atoms with van der Waals surface area (Å²) in [5, 5.41) is 6.03. The number of carbonyl (C=O) groups excluding carboxylic acids is 1. The normalized spacial score (nSPS) is 15.0. The van der Waals surface area contributed by atoms with Crippen LogP contribution in [-0.2, 0) is 6.42 Å². The van der Waals surface area contributed by atoms with E-state index in [1.807, 2.05) is 30.3 Å². The Morgan fingerprint density at radius 1 is 1.08 bits per heavy atom. The highest BCUT2D eigenvalue weighted by Crippen LogP contribution is 2.27. The number of carbonyl (C=O) groups is 1. The van der Waals surface area contributed by atoms with E-state index in [4.69, 9.17) is 4.74 Å². The van der Waals surface area contributed by atoms with Crippen LogP contribution in [0.4, 0.5) is 11.6 Å². The number of benzene rings is 2. The number of hydrogen-bond acceptors (Lipinski definition) is 5. The Balaban J connectivity index is 1.36. The van der Waals surface area contributed by atoms with Gasteiger partial charge in [0.05, 0.1) is 6.54 Å². The molecule has 2 aromatic carbocycles. The maximum Gasteiger partial charge on any atom is 0.251 e. The minimum absolute atomic E-state index is 0.0321. The first-order valence-electron chi connectivity index (χ1n) is 8.45. The Hall–Kier alpha value is -3.41. The second-order valence-corrected chi connectivity index (χ2v) is 6.04. The number of hydrogen-bond donors (Lipinski definition) is 2. The smallest absolute Gasteiger partial charge is 0.251 e. The number of rotatable bonds is 5. The third-order valence-corrected chi connectivity index (χ3v) is 4.15. The minimum Gasteiger partial charge on any atom is -0.488 e. The van der Waals surface area contributed by atoms with Crippen LogP contribution in [0.1, 0.15) is 15.9 Å². The minimum atomic E-state index is -0.137. The van der Waals surface area contributed by atoms with Gasteiger partial charge in [0, 0.05) is 30.1 Å². The van der Waals surface area contributed by atoms with Crippen LogP contribution in [0.15, 0.2) is 67.0 Å². The Kier molecular flexibility index (Phi) is 4.47. The van der Waals surface area contributed by atoms with Crippen molar-refractivity contribution in [3.05, 3.63) is 78.1 Å². The number of anilines is 2. The van der Waals surface area contributed by atoms with Crippen molar-refractivity contribution in [3.8, 4) is 5.75 Å². The lowest BCUT2D eigenvalue weighted by atomic mass is 10.1. The fourth-order valence-corrected chi connectivity index (χ4v) is 2.91. The molecule has 6 nitrogen and oxygen atoms in total. The summed E-state index contributed by atoms with van der Waals surface area (Å²) in [5.74, 6) is 1.25. The summed E-state index contributed by atoms with van der Waals surface area (Å²) in [6, 6.07) is 16.9. The monoisotopic (exact) mass is 346 g/mol. The Labute approximate surface area is 151 Å². The molecule has 0 saturated heterocycles. The van der Waals surface area contributed by atoms with E-state index in [0.717, 1.165) is 17.9 Å². The van der Waals surface area contributed by atoms with Crippen LogP contribution in [0.3, 0.4) is 0 Å². The summed E-state index contributed by atoms with van der Waals surface area (Å²) in [7, 11) is 0. The number of amides is 1. The van der Waals surface area contributed by atoms with E-state index < -0.39 is 0 Å². The van der Waals surface area contributed by atoms with Gasteiger partial charge in [-0.1, -0.05) is 24.3 Å². The van der Waals surface area contributed by atoms with E-state index in [9.17, 15) is 4.79 Å². The number of fused-ring (bicyclic) bond motifs is 1. The van der Waals surface area contributed by atoms with Gasteiger partial charge in [0.1, 0.15) is 11.9 Å². The molecule has 1 aromatic heterocycles. The third kappa shape index (κ3) is 3.64. The van der Waals surface area contributed by atoms with Crippen LogP contribution in [0.25, 0.3) is 0 Å². The van der Waals surface area contributed by atoms with Crippen LogP contribution < -0.4 is 15.4 Å². The standard InChI is InChI=1S/C20H18N4O2/c25-19(23-13-17-12-14-5-1-2-8-18(14)26-17)15-6-3-7-16(11-15)24-20-21-9-4-10-22-20/h1-11,17H,12-13H2,(H,23,25)(H,21,22,24)/t17-/m1/s1. The average Bonchev–Trinajstić information content (AvgIpc) is 3.10. The zero-order valence-electron chi connectivity index (χ0n) is 14.1. The molecule has 2 N–H and O–H groups in total. The van der Waals surface area contributed by atoms with Crippen LogP contribution in [0, 0.1) is 0 Å². The Morgan fingerprint density at radius 3 is 2.77 bits per heavy atom. The largest absolute Gasteiger partial charge is 0.488 e. The molecule has 0 saturated carbocycles. The molecular formula is C20H18N4O2. The molecule has 2 heterocycles. The number of para-hydroxylation sites is 1. The van der Waals surface area contributed by atoms with Crippen molar-refractivity contribution in [2.45, 2.75) is 12.5 Å². The van der Waals surface area contributed by atoms with Gasteiger partial charge in [0.25, 0.3) is 5.91 Å².